The predicted molar refractivity (Wildman–Crippen MR) is 81.8 cm³/mol. The van der Waals surface area contributed by atoms with E-state index in [0.29, 0.717) is 5.75 Å². The van der Waals surface area contributed by atoms with Crippen LogP contribution in [0, 0.1) is 0 Å². The Morgan fingerprint density at radius 3 is 2.14 bits per heavy atom. The zero-order valence-electron chi connectivity index (χ0n) is 13.3. The number of carbonyl (C=O) groups excluding carboxylic acids is 1. The normalized spacial score (nSPS) is 15.7. The molecule has 124 valence electrons. The predicted octanol–water partition coefficient (Wildman–Crippen LogP) is 1.72. The molecular weight excluding hydrogens is 309 g/mol. The highest BCUT2D eigenvalue weighted by molar-refractivity contribution is 7.55. The van der Waals surface area contributed by atoms with Crippen molar-refractivity contribution in [1.82, 2.24) is 4.90 Å². The van der Waals surface area contributed by atoms with Gasteiger partial charge in [0.05, 0.1) is 0 Å². The van der Waals surface area contributed by atoms with E-state index in [0.717, 1.165) is 14.2 Å². The lowest BCUT2D eigenvalue weighted by atomic mass is 10.2. The monoisotopic (exact) mass is 331 g/mol. The molecule has 0 heterocycles. The number of aliphatic hydroxyl groups is 1. The molecule has 0 unspecified atom stereocenters. The van der Waals surface area contributed by atoms with Crippen LogP contribution in [-0.2, 0) is 18.4 Å². The summed E-state index contributed by atoms with van der Waals surface area (Å²) < 4.78 is 27.8. The molecule has 1 N–H and O–H groups in total. The lowest BCUT2D eigenvalue weighted by Crippen LogP contribution is -2.52. The van der Waals surface area contributed by atoms with Gasteiger partial charge >= 0.3 is 7.60 Å². The second kappa shape index (κ2) is 7.24. The van der Waals surface area contributed by atoms with Crippen LogP contribution >= 0.6 is 7.60 Å². The fourth-order valence-electron chi connectivity index (χ4n) is 1.85. The molecule has 0 aliphatic rings. The average Bonchev–Trinajstić information content (AvgIpc) is 2.51. The molecule has 1 aromatic carbocycles. The molecular formula is C14H22NO6P. The maximum absolute atomic E-state index is 12.6. The van der Waals surface area contributed by atoms with E-state index in [-0.39, 0.29) is 0 Å². The number of para-hydroxylation sites is 1. The first kappa shape index (κ1) is 18.6. The number of hydrogen-bond acceptors (Lipinski definition) is 6. The van der Waals surface area contributed by atoms with Gasteiger partial charge in [-0.3, -0.25) is 9.36 Å². The molecule has 0 fully saturated rings. The third-order valence-electron chi connectivity index (χ3n) is 3.19. The average molecular weight is 331 g/mol. The van der Waals surface area contributed by atoms with Crippen LogP contribution in [0.5, 0.6) is 5.75 Å². The van der Waals surface area contributed by atoms with Crippen molar-refractivity contribution in [1.29, 1.82) is 0 Å². The highest BCUT2D eigenvalue weighted by Crippen LogP contribution is 2.59. The van der Waals surface area contributed by atoms with E-state index in [1.54, 1.807) is 30.3 Å². The molecule has 1 amide bonds. The number of likely N-dealkylation sites (N-methyl/N-ethyl adjacent to an activating group) is 1. The van der Waals surface area contributed by atoms with Gasteiger partial charge in [-0.25, -0.2) is 0 Å². The largest absolute Gasteiger partial charge is 0.477 e. The number of ether oxygens (including phenoxy) is 1. The molecule has 8 heteroatoms. The Morgan fingerprint density at radius 2 is 1.73 bits per heavy atom. The van der Waals surface area contributed by atoms with Gasteiger partial charge in [0.2, 0.25) is 11.4 Å². The van der Waals surface area contributed by atoms with Crippen LogP contribution in [-0.4, -0.2) is 55.7 Å². The zero-order chi connectivity index (χ0) is 17.0. The first-order valence-corrected chi connectivity index (χ1v) is 8.10. The van der Waals surface area contributed by atoms with Gasteiger partial charge in [0.1, 0.15) is 5.75 Å². The third kappa shape index (κ3) is 3.67. The fraction of sp³-hybridized carbons (Fsp3) is 0.500. The lowest BCUT2D eigenvalue weighted by molar-refractivity contribution is -0.144. The Balaban J connectivity index is 3.26. The van der Waals surface area contributed by atoms with Gasteiger partial charge < -0.3 is 23.8 Å². The van der Waals surface area contributed by atoms with E-state index in [9.17, 15) is 14.5 Å². The molecule has 22 heavy (non-hydrogen) atoms. The van der Waals surface area contributed by atoms with Crippen molar-refractivity contribution in [3.05, 3.63) is 30.3 Å². The van der Waals surface area contributed by atoms with Crippen molar-refractivity contribution in [2.75, 3.05) is 28.3 Å². The molecule has 0 saturated heterocycles. The summed E-state index contributed by atoms with van der Waals surface area (Å²) in [6.07, 6.45) is -1.46. The van der Waals surface area contributed by atoms with E-state index < -0.39 is 24.9 Å². The Kier molecular flexibility index (Phi) is 6.14. The number of amides is 1. The van der Waals surface area contributed by atoms with E-state index in [4.69, 9.17) is 13.8 Å². The van der Waals surface area contributed by atoms with Gasteiger partial charge in [-0.05, 0) is 19.1 Å². The van der Waals surface area contributed by atoms with Gasteiger partial charge in [0.15, 0.2) is 0 Å². The Labute approximate surface area is 130 Å². The van der Waals surface area contributed by atoms with Crippen molar-refractivity contribution in [3.8, 4) is 5.75 Å². The van der Waals surface area contributed by atoms with Crippen LogP contribution in [0.4, 0.5) is 0 Å². The first-order valence-electron chi connectivity index (χ1n) is 6.56. The molecule has 0 bridgehead atoms. The molecule has 7 nitrogen and oxygen atoms in total. The second-order valence-electron chi connectivity index (χ2n) is 5.00. The number of carbonyl (C=O) groups is 1. The van der Waals surface area contributed by atoms with Crippen LogP contribution in [0.15, 0.2) is 30.3 Å². The van der Waals surface area contributed by atoms with Crippen LogP contribution < -0.4 is 4.74 Å². The van der Waals surface area contributed by atoms with Gasteiger partial charge in [0, 0.05) is 28.3 Å². The summed E-state index contributed by atoms with van der Waals surface area (Å²) in [4.78, 5) is 13.6. The van der Waals surface area contributed by atoms with Crippen LogP contribution in [0.25, 0.3) is 0 Å². The summed E-state index contributed by atoms with van der Waals surface area (Å²) >= 11 is 0. The summed E-state index contributed by atoms with van der Waals surface area (Å²) in [5.74, 6) is -0.218. The molecule has 0 aliphatic carbocycles. The highest BCUT2D eigenvalue weighted by atomic mass is 31.2. The maximum atomic E-state index is 12.6. The SMILES string of the molecule is COP(=O)(OC)[C@](C)(O)[C@H](Oc1ccccc1)C(=O)N(C)C. The van der Waals surface area contributed by atoms with Gasteiger partial charge in [-0.15, -0.1) is 0 Å². The van der Waals surface area contributed by atoms with Gasteiger partial charge in [0.25, 0.3) is 5.91 Å². The van der Waals surface area contributed by atoms with Crippen molar-refractivity contribution in [3.63, 3.8) is 0 Å². The Hall–Kier alpha value is -1.40. The summed E-state index contributed by atoms with van der Waals surface area (Å²) in [7, 11) is 1.30. The molecule has 0 spiro atoms. The molecule has 0 aromatic heterocycles. The maximum Gasteiger partial charge on any atom is 0.365 e. The summed E-state index contributed by atoms with van der Waals surface area (Å²) in [5.41, 5.74) is 0. The minimum Gasteiger partial charge on any atom is -0.477 e. The van der Waals surface area contributed by atoms with E-state index in [1.165, 1.54) is 25.9 Å². The van der Waals surface area contributed by atoms with E-state index in [2.05, 4.69) is 0 Å². The van der Waals surface area contributed by atoms with Crippen LogP contribution in [0.3, 0.4) is 0 Å². The second-order valence-corrected chi connectivity index (χ2v) is 7.63. The first-order chi connectivity index (χ1) is 10.2. The number of benzene rings is 1. The standard InChI is InChI=1S/C14H22NO6P/c1-14(17,22(18,19-4)20-5)12(13(16)15(2)3)21-11-9-7-6-8-10-11/h6-10,12,17H,1-5H3/t12-,14+/m1/s1. The molecule has 0 radical (unpaired) electrons. The quantitative estimate of drug-likeness (QED) is 0.766. The minimum atomic E-state index is -3.99. The summed E-state index contributed by atoms with van der Waals surface area (Å²) in [6, 6.07) is 8.46. The topological polar surface area (TPSA) is 85.3 Å². The van der Waals surface area contributed by atoms with Crippen molar-refractivity contribution >= 4 is 13.5 Å². The number of rotatable bonds is 7. The van der Waals surface area contributed by atoms with Crippen LogP contribution in [0.2, 0.25) is 0 Å². The Morgan fingerprint density at radius 1 is 1.23 bits per heavy atom. The number of nitrogens with zero attached hydrogens (tertiary/aromatic N) is 1. The smallest absolute Gasteiger partial charge is 0.365 e. The lowest BCUT2D eigenvalue weighted by Gasteiger charge is -2.36. The highest BCUT2D eigenvalue weighted by Gasteiger charge is 2.55. The van der Waals surface area contributed by atoms with E-state index in [1.807, 2.05) is 0 Å². The third-order valence-corrected chi connectivity index (χ3v) is 5.50. The molecule has 2 atom stereocenters. The summed E-state index contributed by atoms with van der Waals surface area (Å²) in [6.45, 7) is 1.19. The number of hydrogen-bond donors (Lipinski definition) is 1. The Bertz CT molecular complexity index is 538. The fourth-order valence-corrected chi connectivity index (χ4v) is 3.19. The molecule has 1 rings (SSSR count). The summed E-state index contributed by atoms with van der Waals surface area (Å²) in [5, 5.41) is 8.52. The minimum absolute atomic E-state index is 0.349. The van der Waals surface area contributed by atoms with Crippen molar-refractivity contribution < 1.29 is 28.3 Å². The van der Waals surface area contributed by atoms with Gasteiger partial charge in [-0.2, -0.15) is 0 Å². The van der Waals surface area contributed by atoms with Crippen molar-refractivity contribution in [2.45, 2.75) is 18.4 Å². The van der Waals surface area contributed by atoms with E-state index >= 15 is 0 Å². The van der Waals surface area contributed by atoms with Crippen molar-refractivity contribution in [2.24, 2.45) is 0 Å². The zero-order valence-corrected chi connectivity index (χ0v) is 14.2. The molecule has 1 aromatic rings. The molecule has 0 saturated carbocycles. The van der Waals surface area contributed by atoms with Crippen LogP contribution in [0.1, 0.15) is 6.92 Å². The molecule has 0 aliphatic heterocycles. The van der Waals surface area contributed by atoms with Gasteiger partial charge in [-0.1, -0.05) is 18.2 Å².